The molecule has 0 radical (unpaired) electrons. The Morgan fingerprint density at radius 2 is 1.95 bits per heavy atom. The quantitative estimate of drug-likeness (QED) is 0.800. The van der Waals surface area contributed by atoms with Crippen molar-refractivity contribution >= 4 is 0 Å². The summed E-state index contributed by atoms with van der Waals surface area (Å²) < 4.78 is 11.4. The predicted octanol–water partition coefficient (Wildman–Crippen LogP) is 1.99. The highest BCUT2D eigenvalue weighted by Gasteiger charge is 2.23. The van der Waals surface area contributed by atoms with Gasteiger partial charge in [0.05, 0.1) is 6.61 Å². The third-order valence-corrected chi connectivity index (χ3v) is 4.61. The maximum absolute atomic E-state index is 5.81. The minimum Gasteiger partial charge on any atom is -0.353 e. The Hall–Kier alpha value is -0.160. The van der Waals surface area contributed by atoms with Gasteiger partial charge < -0.3 is 19.7 Å². The Morgan fingerprint density at radius 3 is 2.58 bits per heavy atom. The van der Waals surface area contributed by atoms with Gasteiger partial charge in [-0.05, 0) is 59.0 Å². The first-order chi connectivity index (χ1) is 9.29. The minimum absolute atomic E-state index is 0.0576. The van der Waals surface area contributed by atoms with Gasteiger partial charge in [0, 0.05) is 25.2 Å². The molecular formula is C15H30N2O2. The van der Waals surface area contributed by atoms with Crippen LogP contribution in [0.2, 0.25) is 0 Å². The highest BCUT2D eigenvalue weighted by molar-refractivity contribution is 4.80. The van der Waals surface area contributed by atoms with E-state index in [4.69, 9.17) is 9.47 Å². The number of likely N-dealkylation sites (N-methyl/N-ethyl adjacent to an activating group) is 1. The van der Waals surface area contributed by atoms with E-state index in [1.165, 1.54) is 38.5 Å². The zero-order chi connectivity index (χ0) is 13.5. The number of rotatable bonds is 6. The van der Waals surface area contributed by atoms with Crippen LogP contribution in [0, 0.1) is 0 Å². The number of hydrogen-bond donors (Lipinski definition) is 1. The highest BCUT2D eigenvalue weighted by Crippen LogP contribution is 2.22. The number of ether oxygens (including phenoxy) is 2. The smallest absolute Gasteiger partial charge is 0.157 e. The molecule has 1 heterocycles. The maximum Gasteiger partial charge on any atom is 0.157 e. The van der Waals surface area contributed by atoms with Gasteiger partial charge in [-0.1, -0.05) is 0 Å². The van der Waals surface area contributed by atoms with Crippen LogP contribution in [0.4, 0.5) is 0 Å². The Bertz CT molecular complexity index is 236. The van der Waals surface area contributed by atoms with E-state index < -0.39 is 0 Å². The molecule has 1 aliphatic carbocycles. The van der Waals surface area contributed by atoms with Crippen LogP contribution in [0.5, 0.6) is 0 Å². The van der Waals surface area contributed by atoms with E-state index in [-0.39, 0.29) is 6.29 Å². The SMILES string of the molecule is CNC1CCC(N(C)CCOC2CCCCO2)CC1. The van der Waals surface area contributed by atoms with Gasteiger partial charge >= 0.3 is 0 Å². The second-order valence-electron chi connectivity index (χ2n) is 5.94. The molecule has 1 saturated heterocycles. The van der Waals surface area contributed by atoms with Crippen molar-refractivity contribution in [3.05, 3.63) is 0 Å². The predicted molar refractivity (Wildman–Crippen MR) is 77.3 cm³/mol. The van der Waals surface area contributed by atoms with E-state index in [0.29, 0.717) is 0 Å². The molecule has 0 aromatic carbocycles. The van der Waals surface area contributed by atoms with Crippen LogP contribution in [-0.2, 0) is 9.47 Å². The Morgan fingerprint density at radius 1 is 1.16 bits per heavy atom. The van der Waals surface area contributed by atoms with Crippen molar-refractivity contribution in [2.24, 2.45) is 0 Å². The fourth-order valence-corrected chi connectivity index (χ4v) is 3.16. The lowest BCUT2D eigenvalue weighted by atomic mass is 9.90. The summed E-state index contributed by atoms with van der Waals surface area (Å²) in [6.07, 6.45) is 8.78. The Labute approximate surface area is 117 Å². The largest absolute Gasteiger partial charge is 0.353 e. The molecule has 2 rings (SSSR count). The van der Waals surface area contributed by atoms with Crippen LogP contribution in [0.3, 0.4) is 0 Å². The first-order valence-electron chi connectivity index (χ1n) is 7.90. The van der Waals surface area contributed by atoms with Gasteiger partial charge in [-0.15, -0.1) is 0 Å². The molecule has 1 N–H and O–H groups in total. The van der Waals surface area contributed by atoms with Gasteiger partial charge in [0.15, 0.2) is 6.29 Å². The molecule has 0 aromatic heterocycles. The summed E-state index contributed by atoms with van der Waals surface area (Å²) in [6, 6.07) is 1.47. The normalized spacial score (nSPS) is 32.7. The molecule has 0 amide bonds. The summed E-state index contributed by atoms with van der Waals surface area (Å²) in [4.78, 5) is 2.47. The van der Waals surface area contributed by atoms with Crippen LogP contribution < -0.4 is 5.32 Å². The van der Waals surface area contributed by atoms with Crippen LogP contribution in [0.25, 0.3) is 0 Å². The summed E-state index contributed by atoms with van der Waals surface area (Å²) in [5, 5.41) is 3.39. The summed E-state index contributed by atoms with van der Waals surface area (Å²) in [6.45, 7) is 2.69. The van der Waals surface area contributed by atoms with Gasteiger partial charge in [-0.2, -0.15) is 0 Å². The van der Waals surface area contributed by atoms with Crippen molar-refractivity contribution in [1.29, 1.82) is 0 Å². The number of nitrogens with zero attached hydrogens (tertiary/aromatic N) is 1. The van der Waals surface area contributed by atoms with E-state index in [0.717, 1.165) is 38.3 Å². The van der Waals surface area contributed by atoms with Crippen LogP contribution in [-0.4, -0.2) is 57.1 Å². The van der Waals surface area contributed by atoms with E-state index in [9.17, 15) is 0 Å². The fraction of sp³-hybridized carbons (Fsp3) is 1.00. The molecule has 4 heteroatoms. The molecule has 4 nitrogen and oxygen atoms in total. The molecule has 0 spiro atoms. The zero-order valence-corrected chi connectivity index (χ0v) is 12.6. The third-order valence-electron chi connectivity index (χ3n) is 4.61. The van der Waals surface area contributed by atoms with Gasteiger partial charge in [0.2, 0.25) is 0 Å². The van der Waals surface area contributed by atoms with Crippen molar-refractivity contribution in [2.45, 2.75) is 63.3 Å². The van der Waals surface area contributed by atoms with Crippen molar-refractivity contribution in [2.75, 3.05) is 33.9 Å². The lowest BCUT2D eigenvalue weighted by Gasteiger charge is -2.34. The molecular weight excluding hydrogens is 240 g/mol. The third kappa shape index (κ3) is 5.03. The van der Waals surface area contributed by atoms with E-state index >= 15 is 0 Å². The first-order valence-corrected chi connectivity index (χ1v) is 7.90. The Balaban J connectivity index is 1.57. The lowest BCUT2D eigenvalue weighted by Crippen LogP contribution is -2.41. The zero-order valence-electron chi connectivity index (χ0n) is 12.6. The molecule has 1 aliphatic heterocycles. The van der Waals surface area contributed by atoms with Gasteiger partial charge in [-0.25, -0.2) is 0 Å². The topological polar surface area (TPSA) is 33.7 Å². The van der Waals surface area contributed by atoms with Gasteiger partial charge in [0.25, 0.3) is 0 Å². The van der Waals surface area contributed by atoms with E-state index in [1.54, 1.807) is 0 Å². The number of nitrogens with one attached hydrogen (secondary N) is 1. The van der Waals surface area contributed by atoms with Crippen molar-refractivity contribution in [3.8, 4) is 0 Å². The molecule has 2 aliphatic rings. The second kappa shape index (κ2) is 8.20. The molecule has 2 fully saturated rings. The highest BCUT2D eigenvalue weighted by atomic mass is 16.7. The summed E-state index contributed by atoms with van der Waals surface area (Å²) >= 11 is 0. The minimum atomic E-state index is 0.0576. The molecule has 19 heavy (non-hydrogen) atoms. The molecule has 0 aromatic rings. The fourth-order valence-electron chi connectivity index (χ4n) is 3.16. The van der Waals surface area contributed by atoms with Crippen molar-refractivity contribution in [3.63, 3.8) is 0 Å². The first kappa shape index (κ1) is 15.2. The Kier molecular flexibility index (Phi) is 6.57. The van der Waals surface area contributed by atoms with Gasteiger partial charge in [-0.3, -0.25) is 0 Å². The average molecular weight is 270 g/mol. The summed E-state index contributed by atoms with van der Waals surface area (Å²) in [5.74, 6) is 0. The summed E-state index contributed by atoms with van der Waals surface area (Å²) in [5.41, 5.74) is 0. The standard InChI is InChI=1S/C15H30N2O2/c1-16-13-6-8-14(9-7-13)17(2)10-12-19-15-5-3-4-11-18-15/h13-16H,3-12H2,1-2H3. The molecule has 112 valence electrons. The second-order valence-corrected chi connectivity index (χ2v) is 5.94. The monoisotopic (exact) mass is 270 g/mol. The molecule has 1 unspecified atom stereocenters. The average Bonchev–Trinajstić information content (AvgIpc) is 2.48. The number of hydrogen-bond acceptors (Lipinski definition) is 4. The van der Waals surface area contributed by atoms with Crippen LogP contribution in [0.15, 0.2) is 0 Å². The maximum atomic E-state index is 5.81. The lowest BCUT2D eigenvalue weighted by molar-refractivity contribution is -0.164. The molecule has 1 saturated carbocycles. The van der Waals surface area contributed by atoms with Gasteiger partial charge in [0.1, 0.15) is 0 Å². The van der Waals surface area contributed by atoms with Crippen LogP contribution in [0.1, 0.15) is 44.9 Å². The van der Waals surface area contributed by atoms with Crippen molar-refractivity contribution in [1.82, 2.24) is 10.2 Å². The molecule has 0 bridgehead atoms. The van der Waals surface area contributed by atoms with E-state index in [1.807, 2.05) is 0 Å². The van der Waals surface area contributed by atoms with E-state index in [2.05, 4.69) is 24.3 Å². The summed E-state index contributed by atoms with van der Waals surface area (Å²) in [7, 11) is 4.31. The molecule has 1 atom stereocenters. The van der Waals surface area contributed by atoms with Crippen LogP contribution >= 0.6 is 0 Å². The van der Waals surface area contributed by atoms with Crippen molar-refractivity contribution < 1.29 is 9.47 Å².